The highest BCUT2D eigenvalue weighted by Crippen LogP contribution is 2.32. The zero-order valence-electron chi connectivity index (χ0n) is 12.1. The van der Waals surface area contributed by atoms with Crippen molar-refractivity contribution in [1.29, 1.82) is 0 Å². The first-order valence-corrected chi connectivity index (χ1v) is 7.57. The molecule has 0 heterocycles. The molecule has 0 saturated carbocycles. The maximum Gasteiger partial charge on any atom is 0.0775 e. The van der Waals surface area contributed by atoms with Crippen LogP contribution in [0.2, 0.25) is 10.0 Å². The summed E-state index contributed by atoms with van der Waals surface area (Å²) in [5, 5.41) is 11.7. The Morgan fingerprint density at radius 2 is 1.62 bits per heavy atom. The number of hydrogen-bond acceptors (Lipinski definition) is 2. The first-order valence-electron chi connectivity index (χ1n) is 6.81. The Balaban J connectivity index is 2.42. The van der Waals surface area contributed by atoms with E-state index in [1.807, 2.05) is 61.5 Å². The van der Waals surface area contributed by atoms with Gasteiger partial charge in [0, 0.05) is 12.5 Å². The minimum atomic E-state index is -0.528. The van der Waals surface area contributed by atoms with Gasteiger partial charge in [0.05, 0.1) is 16.1 Å². The zero-order valence-corrected chi connectivity index (χ0v) is 13.6. The van der Waals surface area contributed by atoms with Gasteiger partial charge in [-0.3, -0.25) is 0 Å². The SMILES string of the molecule is CN(C)CC(O)C(c1ccccc1)c1ccc(Cl)c(Cl)c1. The fraction of sp³-hybridized carbons (Fsp3) is 0.294. The van der Waals surface area contributed by atoms with Crippen LogP contribution in [0.4, 0.5) is 0 Å². The average molecular weight is 324 g/mol. The van der Waals surface area contributed by atoms with Gasteiger partial charge < -0.3 is 10.0 Å². The molecule has 2 aromatic carbocycles. The molecular weight excluding hydrogens is 305 g/mol. The lowest BCUT2D eigenvalue weighted by molar-refractivity contribution is 0.121. The maximum atomic E-state index is 10.6. The van der Waals surface area contributed by atoms with Crippen molar-refractivity contribution in [3.05, 3.63) is 69.7 Å². The minimum Gasteiger partial charge on any atom is -0.391 e. The summed E-state index contributed by atoms with van der Waals surface area (Å²) in [4.78, 5) is 1.97. The number of likely N-dealkylation sites (N-methyl/N-ethyl adjacent to an activating group) is 1. The van der Waals surface area contributed by atoms with Crippen molar-refractivity contribution in [2.45, 2.75) is 12.0 Å². The van der Waals surface area contributed by atoms with Crippen LogP contribution in [0.15, 0.2) is 48.5 Å². The molecule has 2 unspecified atom stereocenters. The number of aliphatic hydroxyl groups excluding tert-OH is 1. The van der Waals surface area contributed by atoms with Gasteiger partial charge in [-0.15, -0.1) is 0 Å². The highest BCUT2D eigenvalue weighted by atomic mass is 35.5. The van der Waals surface area contributed by atoms with E-state index in [4.69, 9.17) is 23.2 Å². The Bertz CT molecular complexity index is 587. The molecule has 4 heteroatoms. The summed E-state index contributed by atoms with van der Waals surface area (Å²) in [5.41, 5.74) is 2.02. The number of nitrogens with zero attached hydrogens (tertiary/aromatic N) is 1. The topological polar surface area (TPSA) is 23.5 Å². The number of hydrogen-bond donors (Lipinski definition) is 1. The van der Waals surface area contributed by atoms with Gasteiger partial charge in [-0.25, -0.2) is 0 Å². The second kappa shape index (κ2) is 7.28. The van der Waals surface area contributed by atoms with Crippen molar-refractivity contribution in [3.8, 4) is 0 Å². The molecule has 0 saturated heterocycles. The third kappa shape index (κ3) is 4.21. The second-order valence-corrected chi connectivity index (χ2v) is 6.21. The molecule has 0 aliphatic rings. The van der Waals surface area contributed by atoms with E-state index < -0.39 is 6.10 Å². The molecule has 2 aromatic rings. The van der Waals surface area contributed by atoms with Gasteiger partial charge >= 0.3 is 0 Å². The van der Waals surface area contributed by atoms with Crippen LogP contribution >= 0.6 is 23.2 Å². The van der Waals surface area contributed by atoms with Crippen LogP contribution in [-0.2, 0) is 0 Å². The van der Waals surface area contributed by atoms with E-state index in [1.165, 1.54) is 0 Å². The summed E-state index contributed by atoms with van der Waals surface area (Å²) in [7, 11) is 3.89. The number of aliphatic hydroxyl groups is 1. The van der Waals surface area contributed by atoms with E-state index in [1.54, 1.807) is 6.07 Å². The predicted molar refractivity (Wildman–Crippen MR) is 89.3 cm³/mol. The molecule has 0 spiro atoms. The fourth-order valence-corrected chi connectivity index (χ4v) is 2.79. The van der Waals surface area contributed by atoms with Gasteiger partial charge in [0.2, 0.25) is 0 Å². The molecule has 2 nitrogen and oxygen atoms in total. The van der Waals surface area contributed by atoms with Gasteiger partial charge in [0.25, 0.3) is 0 Å². The van der Waals surface area contributed by atoms with Gasteiger partial charge in [0.1, 0.15) is 0 Å². The molecule has 1 N–H and O–H groups in total. The molecular formula is C17H19Cl2NO. The molecule has 2 atom stereocenters. The van der Waals surface area contributed by atoms with Crippen molar-refractivity contribution in [2.75, 3.05) is 20.6 Å². The van der Waals surface area contributed by atoms with Crippen LogP contribution in [0, 0.1) is 0 Å². The molecule has 0 amide bonds. The third-order valence-corrected chi connectivity index (χ3v) is 4.14. The van der Waals surface area contributed by atoms with E-state index in [0.717, 1.165) is 11.1 Å². The lowest BCUT2D eigenvalue weighted by Gasteiger charge is -2.26. The maximum absolute atomic E-state index is 10.6. The van der Waals surface area contributed by atoms with Crippen molar-refractivity contribution in [1.82, 2.24) is 4.90 Å². The Kier molecular flexibility index (Phi) is 5.65. The summed E-state index contributed by atoms with van der Waals surface area (Å²) in [6, 6.07) is 15.5. The summed E-state index contributed by atoms with van der Waals surface area (Å²) in [6.07, 6.45) is -0.528. The van der Waals surface area contributed by atoms with Gasteiger partial charge in [0.15, 0.2) is 0 Å². The molecule has 0 aliphatic carbocycles. The second-order valence-electron chi connectivity index (χ2n) is 5.39. The zero-order chi connectivity index (χ0) is 15.4. The molecule has 0 aliphatic heterocycles. The third-order valence-electron chi connectivity index (χ3n) is 3.40. The molecule has 2 rings (SSSR count). The number of benzene rings is 2. The smallest absolute Gasteiger partial charge is 0.0775 e. The van der Waals surface area contributed by atoms with Crippen LogP contribution < -0.4 is 0 Å². The predicted octanol–water partition coefficient (Wildman–Crippen LogP) is 4.05. The number of rotatable bonds is 5. The van der Waals surface area contributed by atoms with Crippen molar-refractivity contribution < 1.29 is 5.11 Å². The largest absolute Gasteiger partial charge is 0.391 e. The molecule has 21 heavy (non-hydrogen) atoms. The van der Waals surface area contributed by atoms with Crippen LogP contribution in [0.25, 0.3) is 0 Å². The monoisotopic (exact) mass is 323 g/mol. The minimum absolute atomic E-state index is 0.136. The first kappa shape index (κ1) is 16.3. The highest BCUT2D eigenvalue weighted by molar-refractivity contribution is 6.42. The van der Waals surface area contributed by atoms with Gasteiger partial charge in [-0.05, 0) is 37.4 Å². The van der Waals surface area contributed by atoms with Gasteiger partial charge in [-0.2, -0.15) is 0 Å². The summed E-state index contributed by atoms with van der Waals surface area (Å²) in [6.45, 7) is 0.569. The Morgan fingerprint density at radius 3 is 2.19 bits per heavy atom. The van der Waals surface area contributed by atoms with E-state index in [2.05, 4.69) is 0 Å². The molecule has 0 bridgehead atoms. The van der Waals surface area contributed by atoms with Crippen molar-refractivity contribution in [3.63, 3.8) is 0 Å². The normalized spacial score (nSPS) is 14.2. The van der Waals surface area contributed by atoms with E-state index in [9.17, 15) is 5.11 Å². The standard InChI is InChI=1S/C17H19Cl2NO/c1-20(2)11-16(21)17(12-6-4-3-5-7-12)13-8-9-14(18)15(19)10-13/h3-10,16-17,21H,11H2,1-2H3. The summed E-state index contributed by atoms with van der Waals surface area (Å²) >= 11 is 12.1. The quantitative estimate of drug-likeness (QED) is 0.897. The molecule has 112 valence electrons. The van der Waals surface area contributed by atoms with Crippen LogP contribution in [-0.4, -0.2) is 36.8 Å². The molecule has 0 radical (unpaired) electrons. The Morgan fingerprint density at radius 1 is 0.952 bits per heavy atom. The Hall–Kier alpha value is -1.06. The van der Waals surface area contributed by atoms with Crippen molar-refractivity contribution in [2.24, 2.45) is 0 Å². The molecule has 0 fully saturated rings. The van der Waals surface area contributed by atoms with Crippen LogP contribution in [0.5, 0.6) is 0 Å². The van der Waals surface area contributed by atoms with Crippen molar-refractivity contribution >= 4 is 23.2 Å². The summed E-state index contributed by atoms with van der Waals surface area (Å²) in [5.74, 6) is -0.136. The lowest BCUT2D eigenvalue weighted by atomic mass is 9.86. The van der Waals surface area contributed by atoms with Crippen LogP contribution in [0.3, 0.4) is 0 Å². The summed E-state index contributed by atoms with van der Waals surface area (Å²) < 4.78 is 0. The first-order chi connectivity index (χ1) is 9.99. The number of halogens is 2. The van der Waals surface area contributed by atoms with E-state index in [0.29, 0.717) is 16.6 Å². The Labute approximate surface area is 135 Å². The van der Waals surface area contributed by atoms with E-state index >= 15 is 0 Å². The van der Waals surface area contributed by atoms with Gasteiger partial charge in [-0.1, -0.05) is 59.6 Å². The lowest BCUT2D eigenvalue weighted by Crippen LogP contribution is -2.31. The fourth-order valence-electron chi connectivity index (χ4n) is 2.48. The van der Waals surface area contributed by atoms with E-state index in [-0.39, 0.29) is 5.92 Å². The highest BCUT2D eigenvalue weighted by Gasteiger charge is 2.24. The average Bonchev–Trinajstić information content (AvgIpc) is 2.43. The van der Waals surface area contributed by atoms with Crippen LogP contribution in [0.1, 0.15) is 17.0 Å². The molecule has 0 aromatic heterocycles.